The normalized spacial score (nSPS) is 12.3. The molecule has 0 spiro atoms. The lowest BCUT2D eigenvalue weighted by atomic mass is 10.0. The van der Waals surface area contributed by atoms with E-state index in [2.05, 4.69) is 26.1 Å². The molecule has 0 aromatic heterocycles. The predicted octanol–water partition coefficient (Wildman–Crippen LogP) is 7.76. The fourth-order valence-electron chi connectivity index (χ4n) is 3.59. The summed E-state index contributed by atoms with van der Waals surface area (Å²) in [6, 6.07) is 0.281. The molecule has 0 aliphatic carbocycles. The van der Waals surface area contributed by atoms with Gasteiger partial charge in [-0.05, 0) is 19.3 Å². The van der Waals surface area contributed by atoms with Gasteiger partial charge in [0.05, 0.1) is 0 Å². The lowest BCUT2D eigenvalue weighted by Gasteiger charge is -2.15. The summed E-state index contributed by atoms with van der Waals surface area (Å²) < 4.78 is 0. The molecule has 0 aromatic rings. The average Bonchev–Trinajstić information content (AvgIpc) is 2.64. The molecule has 0 bridgehead atoms. The Balaban J connectivity index is 3.22. The van der Waals surface area contributed by atoms with Crippen LogP contribution in [0.3, 0.4) is 0 Å². The molecule has 1 atom stereocenters. The van der Waals surface area contributed by atoms with Gasteiger partial charge in [-0.2, -0.15) is 0 Å². The maximum Gasteiger partial charge on any atom is 0.220 e. The lowest BCUT2D eigenvalue weighted by molar-refractivity contribution is -0.121. The van der Waals surface area contributed by atoms with E-state index in [-0.39, 0.29) is 11.9 Å². The van der Waals surface area contributed by atoms with E-state index < -0.39 is 0 Å². The van der Waals surface area contributed by atoms with E-state index in [1.807, 2.05) is 0 Å². The Kier molecular flexibility index (Phi) is 20.4. The van der Waals surface area contributed by atoms with Crippen LogP contribution in [0.5, 0.6) is 0 Å². The van der Waals surface area contributed by atoms with Crippen LogP contribution in [0.1, 0.15) is 136 Å². The number of nitrogens with one attached hydrogen (secondary N) is 1. The van der Waals surface area contributed by atoms with E-state index in [9.17, 15) is 4.79 Å². The van der Waals surface area contributed by atoms with Crippen LogP contribution in [0.25, 0.3) is 0 Å². The first kappa shape index (κ1) is 25.5. The summed E-state index contributed by atoms with van der Waals surface area (Å²) in [5.41, 5.74) is 0. The maximum atomic E-state index is 11.9. The zero-order valence-electron chi connectivity index (χ0n) is 18.1. The molecule has 1 N–H and O–H groups in total. The topological polar surface area (TPSA) is 29.1 Å². The highest BCUT2D eigenvalue weighted by Crippen LogP contribution is 2.13. The minimum Gasteiger partial charge on any atom is -0.353 e. The van der Waals surface area contributed by atoms with Gasteiger partial charge in [-0.15, -0.1) is 0 Å². The zero-order chi connectivity index (χ0) is 19.3. The van der Waals surface area contributed by atoms with Crippen molar-refractivity contribution in [3.8, 4) is 0 Å². The Hall–Kier alpha value is -0.530. The third kappa shape index (κ3) is 18.3. The molecule has 0 fully saturated rings. The SMILES string of the molecule is [CH2]CC(CCC)NC(=O)CCCCCCCCCCCCCCCCC. The molecule has 2 heteroatoms. The van der Waals surface area contributed by atoms with Crippen molar-refractivity contribution in [1.82, 2.24) is 5.32 Å². The molecule has 1 amide bonds. The molecule has 1 unspecified atom stereocenters. The molecule has 2 nitrogen and oxygen atoms in total. The smallest absolute Gasteiger partial charge is 0.220 e. The molecule has 0 aromatic carbocycles. The molecule has 0 heterocycles. The van der Waals surface area contributed by atoms with Gasteiger partial charge in [0.15, 0.2) is 0 Å². The van der Waals surface area contributed by atoms with Crippen LogP contribution in [0.4, 0.5) is 0 Å². The van der Waals surface area contributed by atoms with Crippen molar-refractivity contribution < 1.29 is 4.79 Å². The largest absolute Gasteiger partial charge is 0.353 e. The van der Waals surface area contributed by atoms with E-state index in [0.29, 0.717) is 6.42 Å². The minimum absolute atomic E-state index is 0.224. The van der Waals surface area contributed by atoms with Gasteiger partial charge in [0.2, 0.25) is 5.91 Å². The van der Waals surface area contributed by atoms with Gasteiger partial charge in [-0.25, -0.2) is 0 Å². The van der Waals surface area contributed by atoms with Gasteiger partial charge in [0, 0.05) is 12.5 Å². The van der Waals surface area contributed by atoms with Crippen LogP contribution in [0.15, 0.2) is 0 Å². The van der Waals surface area contributed by atoms with Gasteiger partial charge in [0.1, 0.15) is 0 Å². The standard InChI is InChI=1S/C24H48NO/c1-4-7-8-9-10-11-12-13-14-15-16-17-18-19-20-22-24(26)25-23(6-3)21-5-2/h23H,3-22H2,1-2H3,(H,25,26). The van der Waals surface area contributed by atoms with Crippen molar-refractivity contribution in [3.63, 3.8) is 0 Å². The summed E-state index contributed by atoms with van der Waals surface area (Å²) in [5, 5.41) is 3.12. The fourth-order valence-corrected chi connectivity index (χ4v) is 3.59. The zero-order valence-corrected chi connectivity index (χ0v) is 18.1. The third-order valence-electron chi connectivity index (χ3n) is 5.36. The first-order valence-corrected chi connectivity index (χ1v) is 11.8. The second kappa shape index (κ2) is 20.8. The maximum absolute atomic E-state index is 11.9. The molecule has 0 aliphatic heterocycles. The van der Waals surface area contributed by atoms with Crippen molar-refractivity contribution in [2.45, 2.75) is 142 Å². The number of unbranched alkanes of at least 4 members (excludes halogenated alkanes) is 14. The molecule has 155 valence electrons. The molecule has 0 rings (SSSR count). The van der Waals surface area contributed by atoms with E-state index in [4.69, 9.17) is 0 Å². The van der Waals surface area contributed by atoms with Gasteiger partial charge in [-0.3, -0.25) is 4.79 Å². The lowest BCUT2D eigenvalue weighted by Crippen LogP contribution is -2.34. The van der Waals surface area contributed by atoms with Crippen LogP contribution < -0.4 is 5.32 Å². The van der Waals surface area contributed by atoms with Crippen LogP contribution >= 0.6 is 0 Å². The predicted molar refractivity (Wildman–Crippen MR) is 116 cm³/mol. The van der Waals surface area contributed by atoms with Crippen molar-refractivity contribution in [2.75, 3.05) is 0 Å². The Bertz CT molecular complexity index is 290. The first-order valence-electron chi connectivity index (χ1n) is 11.8. The molecule has 0 saturated carbocycles. The van der Waals surface area contributed by atoms with E-state index in [0.717, 1.165) is 25.7 Å². The summed E-state index contributed by atoms with van der Waals surface area (Å²) in [6.07, 6.45) is 24.1. The van der Waals surface area contributed by atoms with Gasteiger partial charge in [-0.1, -0.05) is 117 Å². The molecule has 0 saturated heterocycles. The van der Waals surface area contributed by atoms with Crippen LogP contribution in [-0.4, -0.2) is 11.9 Å². The molecule has 0 aliphatic rings. The van der Waals surface area contributed by atoms with Crippen molar-refractivity contribution in [2.24, 2.45) is 0 Å². The number of rotatable bonds is 20. The average molecular weight is 367 g/mol. The fraction of sp³-hybridized carbons (Fsp3) is 0.917. The number of hydrogen-bond donors (Lipinski definition) is 1. The quantitative estimate of drug-likeness (QED) is 0.219. The van der Waals surface area contributed by atoms with Crippen LogP contribution in [-0.2, 0) is 4.79 Å². The first-order chi connectivity index (χ1) is 12.7. The Morgan fingerprint density at radius 1 is 0.692 bits per heavy atom. The highest BCUT2D eigenvalue weighted by Gasteiger charge is 2.08. The molecular formula is C24H48NO. The van der Waals surface area contributed by atoms with Crippen molar-refractivity contribution in [3.05, 3.63) is 6.92 Å². The van der Waals surface area contributed by atoms with E-state index in [1.54, 1.807) is 0 Å². The number of hydrogen-bond acceptors (Lipinski definition) is 1. The van der Waals surface area contributed by atoms with Gasteiger partial charge < -0.3 is 5.32 Å². The number of amides is 1. The Labute approximate surface area is 165 Å². The third-order valence-corrected chi connectivity index (χ3v) is 5.36. The van der Waals surface area contributed by atoms with Gasteiger partial charge >= 0.3 is 0 Å². The van der Waals surface area contributed by atoms with Crippen molar-refractivity contribution in [1.29, 1.82) is 0 Å². The van der Waals surface area contributed by atoms with E-state index in [1.165, 1.54) is 89.9 Å². The molecule has 26 heavy (non-hydrogen) atoms. The number of carbonyl (C=O) groups is 1. The van der Waals surface area contributed by atoms with Crippen LogP contribution in [0, 0.1) is 6.92 Å². The second-order valence-corrected chi connectivity index (χ2v) is 8.04. The summed E-state index contributed by atoms with van der Waals surface area (Å²) >= 11 is 0. The van der Waals surface area contributed by atoms with Crippen molar-refractivity contribution >= 4 is 5.91 Å². The summed E-state index contributed by atoms with van der Waals surface area (Å²) in [5.74, 6) is 0.224. The molecular weight excluding hydrogens is 318 g/mol. The second-order valence-electron chi connectivity index (χ2n) is 8.04. The summed E-state index contributed by atoms with van der Waals surface area (Å²) in [7, 11) is 0. The summed E-state index contributed by atoms with van der Waals surface area (Å²) in [6.45, 7) is 8.36. The van der Waals surface area contributed by atoms with Gasteiger partial charge in [0.25, 0.3) is 0 Å². The molecule has 1 radical (unpaired) electrons. The monoisotopic (exact) mass is 366 g/mol. The minimum atomic E-state index is 0.224. The highest BCUT2D eigenvalue weighted by molar-refractivity contribution is 5.76. The number of carbonyl (C=O) groups excluding carboxylic acids is 1. The van der Waals surface area contributed by atoms with Crippen LogP contribution in [0.2, 0.25) is 0 Å². The highest BCUT2D eigenvalue weighted by atomic mass is 16.1. The summed E-state index contributed by atoms with van der Waals surface area (Å²) in [4.78, 5) is 11.9. The van der Waals surface area contributed by atoms with E-state index >= 15 is 0 Å². The Morgan fingerprint density at radius 2 is 1.12 bits per heavy atom. The Morgan fingerprint density at radius 3 is 1.50 bits per heavy atom.